The maximum atomic E-state index is 12.6. The molecule has 0 unspecified atom stereocenters. The van der Waals surface area contributed by atoms with Crippen LogP contribution in [-0.4, -0.2) is 79.3 Å². The van der Waals surface area contributed by atoms with Gasteiger partial charge in [0.15, 0.2) is 23.2 Å². The zero-order chi connectivity index (χ0) is 22.5. The fourth-order valence-electron chi connectivity index (χ4n) is 3.29. The van der Waals surface area contributed by atoms with E-state index in [1.54, 1.807) is 25.3 Å². The molecule has 1 saturated heterocycles. The number of rotatable bonds is 9. The standard InChI is InChI=1S/C20H26N6O5/c1-4-6-11(5-2)7-8-22-19(30)17-24-16(21-3)13-18(25-17)26(10-23-13)20-15(29)14(28)12(9-27)31-20/h4-6,10,12,14-15,20,27-29H,1-2,7-9H2,3H3,(H,22,30)(H,21,24,25)/b11-6+/t12-,14-,15-,20-/m1/s1. The number of aliphatic hydroxyl groups excluding tert-OH is 3. The highest BCUT2D eigenvalue weighted by atomic mass is 16.6. The smallest absolute Gasteiger partial charge is 0.289 e. The van der Waals surface area contributed by atoms with Crippen LogP contribution in [0.1, 0.15) is 23.3 Å². The van der Waals surface area contributed by atoms with E-state index in [4.69, 9.17) is 4.74 Å². The minimum atomic E-state index is -1.31. The van der Waals surface area contributed by atoms with Gasteiger partial charge in [-0.25, -0.2) is 15.0 Å². The molecule has 11 heteroatoms. The van der Waals surface area contributed by atoms with Gasteiger partial charge in [0.25, 0.3) is 5.91 Å². The van der Waals surface area contributed by atoms with Crippen molar-refractivity contribution >= 4 is 22.9 Å². The molecule has 1 amide bonds. The van der Waals surface area contributed by atoms with Crippen LogP contribution in [0, 0.1) is 0 Å². The SMILES string of the molecule is C=C/C=C(\C=C)CCNC(=O)c1nc(NC)c2ncn([C@@H]3O[C@H](CO)[C@@H](O)[C@H]3O)c2n1. The average Bonchev–Trinajstić information content (AvgIpc) is 3.33. The van der Waals surface area contributed by atoms with Gasteiger partial charge in [-0.3, -0.25) is 9.36 Å². The highest BCUT2D eigenvalue weighted by molar-refractivity contribution is 5.94. The summed E-state index contributed by atoms with van der Waals surface area (Å²) in [5.41, 5.74) is 1.52. The summed E-state index contributed by atoms with van der Waals surface area (Å²) >= 11 is 0. The van der Waals surface area contributed by atoms with Crippen LogP contribution >= 0.6 is 0 Å². The number of hydrogen-bond donors (Lipinski definition) is 5. The fourth-order valence-corrected chi connectivity index (χ4v) is 3.29. The van der Waals surface area contributed by atoms with Gasteiger partial charge in [-0.1, -0.05) is 31.4 Å². The molecule has 0 aliphatic carbocycles. The van der Waals surface area contributed by atoms with Crippen LogP contribution in [0.4, 0.5) is 5.82 Å². The largest absolute Gasteiger partial charge is 0.394 e. The first-order valence-corrected chi connectivity index (χ1v) is 9.72. The maximum Gasteiger partial charge on any atom is 0.289 e. The minimum absolute atomic E-state index is 0.0989. The molecule has 2 aromatic heterocycles. The number of nitrogens with zero attached hydrogens (tertiary/aromatic N) is 4. The Morgan fingerprint density at radius 1 is 1.32 bits per heavy atom. The summed E-state index contributed by atoms with van der Waals surface area (Å²) < 4.78 is 6.96. The summed E-state index contributed by atoms with van der Waals surface area (Å²) in [6.07, 6.45) is 2.50. The van der Waals surface area contributed by atoms with Crippen molar-refractivity contribution in [1.29, 1.82) is 0 Å². The van der Waals surface area contributed by atoms with Gasteiger partial charge in [0.1, 0.15) is 18.3 Å². The Balaban J connectivity index is 1.88. The number of carbonyl (C=O) groups excluding carboxylic acids is 1. The summed E-state index contributed by atoms with van der Waals surface area (Å²) in [6, 6.07) is 0. The Hall–Kier alpha value is -3.12. The number of anilines is 1. The number of aliphatic hydroxyl groups is 3. The Kier molecular flexibility index (Phi) is 7.13. The van der Waals surface area contributed by atoms with E-state index in [0.29, 0.717) is 24.3 Å². The van der Waals surface area contributed by atoms with Crippen LogP contribution in [0.2, 0.25) is 0 Å². The predicted octanol–water partition coefficient (Wildman–Crippen LogP) is -0.102. The lowest BCUT2D eigenvalue weighted by Crippen LogP contribution is -2.33. The molecule has 0 saturated carbocycles. The lowest BCUT2D eigenvalue weighted by atomic mass is 10.1. The number of amides is 1. The monoisotopic (exact) mass is 430 g/mol. The quantitative estimate of drug-likeness (QED) is 0.343. The molecule has 166 valence electrons. The van der Waals surface area contributed by atoms with E-state index < -0.39 is 37.1 Å². The lowest BCUT2D eigenvalue weighted by Gasteiger charge is -2.17. The van der Waals surface area contributed by atoms with Crippen LogP contribution in [0.25, 0.3) is 11.2 Å². The van der Waals surface area contributed by atoms with Crippen molar-refractivity contribution in [1.82, 2.24) is 24.8 Å². The molecule has 2 aromatic rings. The van der Waals surface area contributed by atoms with E-state index >= 15 is 0 Å². The van der Waals surface area contributed by atoms with Gasteiger partial charge in [-0.15, -0.1) is 0 Å². The minimum Gasteiger partial charge on any atom is -0.394 e. The maximum absolute atomic E-state index is 12.6. The van der Waals surface area contributed by atoms with Crippen LogP contribution in [0.3, 0.4) is 0 Å². The molecule has 4 atom stereocenters. The number of aromatic nitrogens is 4. The van der Waals surface area contributed by atoms with E-state index in [2.05, 4.69) is 38.7 Å². The van der Waals surface area contributed by atoms with Crippen LogP contribution in [0.15, 0.2) is 43.3 Å². The summed E-state index contributed by atoms with van der Waals surface area (Å²) in [4.78, 5) is 25.4. The van der Waals surface area contributed by atoms with Gasteiger partial charge in [0.05, 0.1) is 12.9 Å². The summed E-state index contributed by atoms with van der Waals surface area (Å²) in [6.45, 7) is 7.24. The van der Waals surface area contributed by atoms with Crippen molar-refractivity contribution < 1.29 is 24.9 Å². The molecule has 0 bridgehead atoms. The van der Waals surface area contributed by atoms with E-state index in [0.717, 1.165) is 5.57 Å². The third-order valence-electron chi connectivity index (χ3n) is 4.95. The molecule has 3 rings (SSSR count). The highest BCUT2D eigenvalue weighted by Crippen LogP contribution is 2.32. The molecular weight excluding hydrogens is 404 g/mol. The molecule has 1 aliphatic rings. The normalized spacial score (nSPS) is 23.7. The number of carbonyl (C=O) groups is 1. The number of ether oxygens (including phenoxy) is 1. The molecule has 11 nitrogen and oxygen atoms in total. The van der Waals surface area contributed by atoms with Crippen molar-refractivity contribution in [3.63, 3.8) is 0 Å². The predicted molar refractivity (Wildman–Crippen MR) is 113 cm³/mol. The van der Waals surface area contributed by atoms with Crippen molar-refractivity contribution in [3.8, 4) is 0 Å². The lowest BCUT2D eigenvalue weighted by molar-refractivity contribution is -0.0511. The van der Waals surface area contributed by atoms with Gasteiger partial charge in [-0.05, 0) is 12.0 Å². The second kappa shape index (κ2) is 9.79. The Labute approximate surface area is 178 Å². The third-order valence-corrected chi connectivity index (χ3v) is 4.95. The highest BCUT2D eigenvalue weighted by Gasteiger charge is 2.44. The van der Waals surface area contributed by atoms with Gasteiger partial charge in [-0.2, -0.15) is 0 Å². The van der Waals surface area contributed by atoms with Gasteiger partial charge in [0, 0.05) is 13.6 Å². The fraction of sp³-hybridized carbons (Fsp3) is 0.400. The zero-order valence-electron chi connectivity index (χ0n) is 17.1. The topological polar surface area (TPSA) is 155 Å². The Morgan fingerprint density at radius 2 is 2.10 bits per heavy atom. The molecule has 5 N–H and O–H groups in total. The zero-order valence-corrected chi connectivity index (χ0v) is 17.1. The average molecular weight is 430 g/mol. The van der Waals surface area contributed by atoms with Gasteiger partial charge in [0.2, 0.25) is 5.82 Å². The molecule has 0 radical (unpaired) electrons. The molecule has 1 aliphatic heterocycles. The third kappa shape index (κ3) is 4.49. The number of fused-ring (bicyclic) bond motifs is 1. The van der Waals surface area contributed by atoms with E-state index in [1.807, 2.05) is 0 Å². The number of hydrogen-bond acceptors (Lipinski definition) is 9. The first kappa shape index (κ1) is 22.6. The second-order valence-electron chi connectivity index (χ2n) is 6.89. The van der Waals surface area contributed by atoms with Crippen molar-refractivity contribution in [3.05, 3.63) is 49.1 Å². The molecule has 31 heavy (non-hydrogen) atoms. The van der Waals surface area contributed by atoms with Crippen molar-refractivity contribution in [2.24, 2.45) is 0 Å². The van der Waals surface area contributed by atoms with Gasteiger partial charge < -0.3 is 30.7 Å². The summed E-state index contributed by atoms with van der Waals surface area (Å²) in [7, 11) is 1.63. The number of nitrogens with one attached hydrogen (secondary N) is 2. The van der Waals surface area contributed by atoms with Crippen LogP contribution < -0.4 is 10.6 Å². The van der Waals surface area contributed by atoms with Crippen LogP contribution in [0.5, 0.6) is 0 Å². The van der Waals surface area contributed by atoms with Crippen molar-refractivity contribution in [2.45, 2.75) is 31.0 Å². The first-order chi connectivity index (χ1) is 14.9. The Morgan fingerprint density at radius 3 is 2.71 bits per heavy atom. The number of imidazole rings is 1. The number of allylic oxidation sites excluding steroid dienone is 3. The molecule has 0 aromatic carbocycles. The Bertz CT molecular complexity index is 1000. The summed E-state index contributed by atoms with van der Waals surface area (Å²) in [5, 5.41) is 35.3. The van der Waals surface area contributed by atoms with E-state index in [9.17, 15) is 20.1 Å². The van der Waals surface area contributed by atoms with Crippen molar-refractivity contribution in [2.75, 3.05) is 25.5 Å². The second-order valence-corrected chi connectivity index (χ2v) is 6.89. The molecule has 3 heterocycles. The van der Waals surface area contributed by atoms with E-state index in [1.165, 1.54) is 10.9 Å². The molecule has 0 spiro atoms. The summed E-state index contributed by atoms with van der Waals surface area (Å²) in [5.74, 6) is -0.272. The molecule has 1 fully saturated rings. The molecular formula is C20H26N6O5. The van der Waals surface area contributed by atoms with Gasteiger partial charge >= 0.3 is 0 Å². The van der Waals surface area contributed by atoms with Crippen LogP contribution in [-0.2, 0) is 4.74 Å². The first-order valence-electron chi connectivity index (χ1n) is 9.72. The van der Waals surface area contributed by atoms with E-state index in [-0.39, 0.29) is 11.5 Å².